The number of nitro benzene ring substituents is 1. The molecule has 8 heteroatoms. The number of aromatic nitrogens is 2. The Morgan fingerprint density at radius 3 is 2.81 bits per heavy atom. The largest absolute Gasteiger partial charge is 0.437 e. The lowest BCUT2D eigenvalue weighted by Gasteiger charge is -2.09. The van der Waals surface area contributed by atoms with Crippen molar-refractivity contribution in [2.75, 3.05) is 12.4 Å². The number of aryl methyl sites for hydroxylation is 1. The summed E-state index contributed by atoms with van der Waals surface area (Å²) in [6.07, 6.45) is 0.655. The number of hydrogen-bond acceptors (Lipinski definition) is 6. The fourth-order valence-electron chi connectivity index (χ4n) is 1.64. The number of ether oxygens (including phenoxy) is 1. The van der Waals surface area contributed by atoms with Crippen LogP contribution in [-0.4, -0.2) is 21.9 Å². The number of nitrogens with zero attached hydrogens (tertiary/aromatic N) is 3. The molecule has 1 aromatic heterocycles. The highest BCUT2D eigenvalue weighted by molar-refractivity contribution is 9.10. The van der Waals surface area contributed by atoms with Gasteiger partial charge < -0.3 is 10.1 Å². The maximum absolute atomic E-state index is 10.9. The number of hydrogen-bond donors (Lipinski definition) is 1. The van der Waals surface area contributed by atoms with Gasteiger partial charge >= 0.3 is 0 Å². The van der Waals surface area contributed by atoms with Crippen LogP contribution in [0.1, 0.15) is 12.7 Å². The Hall–Kier alpha value is -2.22. The van der Waals surface area contributed by atoms with Gasteiger partial charge in [-0.1, -0.05) is 13.0 Å². The Bertz CT molecular complexity index is 656. The second kappa shape index (κ2) is 6.49. The molecule has 0 bridgehead atoms. The highest BCUT2D eigenvalue weighted by Gasteiger charge is 2.17. The van der Waals surface area contributed by atoms with E-state index >= 15 is 0 Å². The summed E-state index contributed by atoms with van der Waals surface area (Å²) in [5.41, 5.74) is -0.0638. The van der Waals surface area contributed by atoms with E-state index in [1.54, 1.807) is 25.2 Å². The highest BCUT2D eigenvalue weighted by Crippen LogP contribution is 2.36. The van der Waals surface area contributed by atoms with Crippen molar-refractivity contribution in [2.24, 2.45) is 0 Å². The predicted octanol–water partition coefficient (Wildman–Crippen LogP) is 3.54. The van der Waals surface area contributed by atoms with Crippen molar-refractivity contribution in [1.29, 1.82) is 0 Å². The smallest absolute Gasteiger partial charge is 0.287 e. The molecule has 1 heterocycles. The summed E-state index contributed by atoms with van der Waals surface area (Å²) in [5.74, 6) is 1.90. The minimum Gasteiger partial charge on any atom is -0.437 e. The third-order valence-corrected chi connectivity index (χ3v) is 3.47. The second-order valence-corrected chi connectivity index (χ2v) is 4.85. The Kier molecular flexibility index (Phi) is 4.69. The number of benzene rings is 1. The van der Waals surface area contributed by atoms with Gasteiger partial charge in [0.2, 0.25) is 5.88 Å². The van der Waals surface area contributed by atoms with Crippen molar-refractivity contribution in [2.45, 2.75) is 13.3 Å². The normalized spacial score (nSPS) is 10.2. The van der Waals surface area contributed by atoms with E-state index in [0.29, 0.717) is 29.7 Å². The van der Waals surface area contributed by atoms with Crippen molar-refractivity contribution >= 4 is 27.4 Å². The van der Waals surface area contributed by atoms with E-state index in [0.717, 1.165) is 0 Å². The van der Waals surface area contributed by atoms with Gasteiger partial charge in [-0.2, -0.15) is 4.98 Å². The molecular formula is C13H13BrN4O3. The van der Waals surface area contributed by atoms with E-state index in [4.69, 9.17) is 4.74 Å². The maximum Gasteiger partial charge on any atom is 0.287 e. The minimum atomic E-state index is -0.479. The average Bonchev–Trinajstić information content (AvgIpc) is 2.48. The molecule has 0 aliphatic rings. The number of rotatable bonds is 5. The van der Waals surface area contributed by atoms with Crippen molar-refractivity contribution in [3.05, 3.63) is 44.7 Å². The first kappa shape index (κ1) is 15.2. The fourth-order valence-corrected chi connectivity index (χ4v) is 2.13. The zero-order chi connectivity index (χ0) is 15.4. The van der Waals surface area contributed by atoms with Crippen LogP contribution in [0.2, 0.25) is 0 Å². The number of halogens is 1. The van der Waals surface area contributed by atoms with E-state index in [1.165, 1.54) is 6.07 Å². The molecule has 0 saturated heterocycles. The molecular weight excluding hydrogens is 340 g/mol. The van der Waals surface area contributed by atoms with Crippen molar-refractivity contribution in [3.8, 4) is 11.6 Å². The van der Waals surface area contributed by atoms with Crippen LogP contribution in [0, 0.1) is 10.1 Å². The third kappa shape index (κ3) is 3.46. The van der Waals surface area contributed by atoms with Gasteiger partial charge in [0.15, 0.2) is 5.75 Å². The predicted molar refractivity (Wildman–Crippen MR) is 81.8 cm³/mol. The zero-order valence-electron chi connectivity index (χ0n) is 11.5. The fraction of sp³-hybridized carbons (Fsp3) is 0.231. The summed E-state index contributed by atoms with van der Waals surface area (Å²) < 4.78 is 5.92. The molecule has 0 unspecified atom stereocenters. The van der Waals surface area contributed by atoms with Crippen LogP contribution in [-0.2, 0) is 6.42 Å². The molecule has 0 amide bonds. The van der Waals surface area contributed by atoms with Crippen molar-refractivity contribution in [3.63, 3.8) is 0 Å². The second-order valence-electron chi connectivity index (χ2n) is 4.06. The summed E-state index contributed by atoms with van der Waals surface area (Å²) >= 11 is 3.18. The minimum absolute atomic E-state index is 0.0638. The zero-order valence-corrected chi connectivity index (χ0v) is 13.0. The molecule has 0 spiro atoms. The number of nitrogens with one attached hydrogen (secondary N) is 1. The van der Waals surface area contributed by atoms with Gasteiger partial charge in [-0.05, 0) is 22.0 Å². The van der Waals surface area contributed by atoms with Crippen LogP contribution in [0.15, 0.2) is 28.7 Å². The Labute approximate surface area is 129 Å². The van der Waals surface area contributed by atoms with E-state index in [9.17, 15) is 10.1 Å². The van der Waals surface area contributed by atoms with Crippen molar-refractivity contribution < 1.29 is 9.66 Å². The molecule has 2 rings (SSSR count). The average molecular weight is 353 g/mol. The maximum atomic E-state index is 10.9. The first-order valence-electron chi connectivity index (χ1n) is 6.21. The van der Waals surface area contributed by atoms with Gasteiger partial charge in [0.1, 0.15) is 16.1 Å². The summed E-state index contributed by atoms with van der Waals surface area (Å²) in [6.45, 7) is 1.93. The van der Waals surface area contributed by atoms with Crippen LogP contribution in [0.3, 0.4) is 0 Å². The molecule has 0 radical (unpaired) electrons. The molecule has 0 fully saturated rings. The molecule has 21 heavy (non-hydrogen) atoms. The molecule has 1 aromatic carbocycles. The van der Waals surface area contributed by atoms with E-state index in [2.05, 4.69) is 31.2 Å². The topological polar surface area (TPSA) is 90.2 Å². The molecule has 110 valence electrons. The van der Waals surface area contributed by atoms with Crippen LogP contribution in [0.25, 0.3) is 0 Å². The van der Waals surface area contributed by atoms with E-state index < -0.39 is 4.92 Å². The van der Waals surface area contributed by atoms with Gasteiger partial charge in [0.05, 0.1) is 4.92 Å². The van der Waals surface area contributed by atoms with Gasteiger partial charge in [-0.15, -0.1) is 0 Å². The quantitative estimate of drug-likeness (QED) is 0.653. The lowest BCUT2D eigenvalue weighted by molar-refractivity contribution is -0.385. The molecule has 0 atom stereocenters. The third-order valence-electron chi connectivity index (χ3n) is 2.68. The first-order valence-corrected chi connectivity index (χ1v) is 7.01. The first-order chi connectivity index (χ1) is 10.0. The lowest BCUT2D eigenvalue weighted by atomic mass is 10.3. The summed E-state index contributed by atoms with van der Waals surface area (Å²) in [7, 11) is 1.74. The molecule has 2 aromatic rings. The van der Waals surface area contributed by atoms with Crippen LogP contribution < -0.4 is 10.1 Å². The Morgan fingerprint density at radius 1 is 1.43 bits per heavy atom. The summed E-state index contributed by atoms with van der Waals surface area (Å²) in [5, 5.41) is 13.8. The standard InChI is InChI=1S/C13H13BrN4O3/c1-3-10-16-11(15-2)7-12(17-10)21-9-6-4-5-8(13(9)14)18(19)20/h4-7H,3H2,1-2H3,(H,15,16,17). The van der Waals surface area contributed by atoms with Gasteiger partial charge in [-0.3, -0.25) is 10.1 Å². The van der Waals surface area contributed by atoms with Crippen LogP contribution >= 0.6 is 15.9 Å². The van der Waals surface area contributed by atoms with E-state index in [1.807, 2.05) is 6.92 Å². The van der Waals surface area contributed by atoms with Gasteiger partial charge in [0.25, 0.3) is 5.69 Å². The van der Waals surface area contributed by atoms with Gasteiger partial charge in [-0.25, -0.2) is 4.98 Å². The Morgan fingerprint density at radius 2 is 2.19 bits per heavy atom. The van der Waals surface area contributed by atoms with E-state index in [-0.39, 0.29) is 10.2 Å². The summed E-state index contributed by atoms with van der Waals surface area (Å²) in [6, 6.07) is 6.21. The Balaban J connectivity index is 2.38. The van der Waals surface area contributed by atoms with Crippen molar-refractivity contribution in [1.82, 2.24) is 9.97 Å². The number of anilines is 1. The van der Waals surface area contributed by atoms with Gasteiger partial charge in [0, 0.05) is 25.6 Å². The monoisotopic (exact) mass is 352 g/mol. The highest BCUT2D eigenvalue weighted by atomic mass is 79.9. The molecule has 7 nitrogen and oxygen atoms in total. The van der Waals surface area contributed by atoms with Crippen LogP contribution in [0.5, 0.6) is 11.6 Å². The molecule has 0 saturated carbocycles. The van der Waals surface area contributed by atoms with Crippen LogP contribution in [0.4, 0.5) is 11.5 Å². The summed E-state index contributed by atoms with van der Waals surface area (Å²) in [4.78, 5) is 18.9. The molecule has 0 aliphatic carbocycles. The molecule has 0 aliphatic heterocycles. The lowest BCUT2D eigenvalue weighted by Crippen LogP contribution is -2.01. The SMILES string of the molecule is CCc1nc(NC)cc(Oc2cccc([N+](=O)[O-])c2Br)n1. The number of nitro groups is 1. The molecule has 1 N–H and O–H groups in total.